The van der Waals surface area contributed by atoms with E-state index in [1.54, 1.807) is 38.1 Å². The van der Waals surface area contributed by atoms with Gasteiger partial charge in [-0.1, -0.05) is 29.8 Å². The number of rotatable bonds is 5. The first kappa shape index (κ1) is 15.4. The highest BCUT2D eigenvalue weighted by Crippen LogP contribution is 2.29. The van der Waals surface area contributed by atoms with Gasteiger partial charge in [0.25, 0.3) is 0 Å². The monoisotopic (exact) mass is 287 g/mol. The van der Waals surface area contributed by atoms with Gasteiger partial charge in [-0.25, -0.2) is 9.18 Å². The Morgan fingerprint density at radius 3 is 2.47 bits per heavy atom. The van der Waals surface area contributed by atoms with E-state index in [1.165, 1.54) is 0 Å². The predicted octanol–water partition coefficient (Wildman–Crippen LogP) is 2.16. The third-order valence-corrected chi connectivity index (χ3v) is 3.20. The van der Waals surface area contributed by atoms with Gasteiger partial charge in [0, 0.05) is 5.02 Å². The molecule has 0 aliphatic heterocycles. The lowest BCUT2D eigenvalue weighted by Crippen LogP contribution is -2.49. The lowest BCUT2D eigenvalue weighted by molar-refractivity contribution is -0.143. The molecule has 0 aliphatic rings. The van der Waals surface area contributed by atoms with Crippen molar-refractivity contribution in [1.29, 1.82) is 0 Å². The highest BCUT2D eigenvalue weighted by molar-refractivity contribution is 6.31. The third kappa shape index (κ3) is 3.44. The Morgan fingerprint density at radius 2 is 2.00 bits per heavy atom. The summed E-state index contributed by atoms with van der Waals surface area (Å²) in [6.07, 6.45) is 0. The van der Waals surface area contributed by atoms with Crippen LogP contribution in [0.5, 0.6) is 0 Å². The number of nitrogens with one attached hydrogen (secondary N) is 1. The maximum atomic E-state index is 12.5. The number of amides is 1. The van der Waals surface area contributed by atoms with Crippen molar-refractivity contribution in [3.05, 3.63) is 34.9 Å². The Labute approximate surface area is 115 Å². The normalized spacial score (nSPS) is 12.8. The topological polar surface area (TPSA) is 66.4 Å². The molecule has 1 aromatic rings. The molecule has 0 radical (unpaired) electrons. The van der Waals surface area contributed by atoms with Crippen LogP contribution in [0.4, 0.5) is 4.39 Å². The van der Waals surface area contributed by atoms with Crippen molar-refractivity contribution < 1.29 is 19.1 Å². The highest BCUT2D eigenvalue weighted by atomic mass is 35.5. The number of benzene rings is 1. The van der Waals surface area contributed by atoms with Gasteiger partial charge in [0.1, 0.15) is 6.67 Å². The van der Waals surface area contributed by atoms with Gasteiger partial charge < -0.3 is 10.4 Å². The third-order valence-electron chi connectivity index (χ3n) is 2.87. The molecule has 1 rings (SSSR count). The average molecular weight is 288 g/mol. The zero-order valence-corrected chi connectivity index (χ0v) is 11.4. The van der Waals surface area contributed by atoms with Crippen LogP contribution in [0.15, 0.2) is 24.3 Å². The quantitative estimate of drug-likeness (QED) is 0.872. The van der Waals surface area contributed by atoms with E-state index < -0.39 is 30.0 Å². The van der Waals surface area contributed by atoms with Crippen LogP contribution in [0, 0.1) is 0 Å². The smallest absolute Gasteiger partial charge is 0.328 e. The van der Waals surface area contributed by atoms with E-state index in [1.807, 2.05) is 0 Å². The van der Waals surface area contributed by atoms with Crippen molar-refractivity contribution in [2.75, 3.05) is 6.67 Å². The van der Waals surface area contributed by atoms with Crippen LogP contribution in [-0.2, 0) is 15.0 Å². The fourth-order valence-electron chi connectivity index (χ4n) is 1.60. The molecule has 0 bridgehead atoms. The van der Waals surface area contributed by atoms with E-state index in [-0.39, 0.29) is 0 Å². The summed E-state index contributed by atoms with van der Waals surface area (Å²) in [6.45, 7) is 2.03. The molecule has 4 nitrogen and oxygen atoms in total. The Kier molecular flexibility index (Phi) is 4.89. The van der Waals surface area contributed by atoms with E-state index >= 15 is 0 Å². The van der Waals surface area contributed by atoms with Gasteiger partial charge in [0.2, 0.25) is 5.91 Å². The van der Waals surface area contributed by atoms with E-state index in [0.29, 0.717) is 10.6 Å². The molecule has 0 aliphatic carbocycles. The van der Waals surface area contributed by atoms with E-state index in [4.69, 9.17) is 16.7 Å². The number of alkyl halides is 1. The number of carbonyl (C=O) groups excluding carboxylic acids is 1. The molecule has 1 amide bonds. The summed E-state index contributed by atoms with van der Waals surface area (Å²) >= 11 is 6.02. The molecule has 0 aromatic heterocycles. The molecule has 19 heavy (non-hydrogen) atoms. The van der Waals surface area contributed by atoms with Gasteiger partial charge in [-0.3, -0.25) is 4.79 Å². The Morgan fingerprint density at radius 1 is 1.42 bits per heavy atom. The first-order valence-electron chi connectivity index (χ1n) is 5.65. The van der Waals surface area contributed by atoms with Crippen LogP contribution in [-0.4, -0.2) is 29.7 Å². The zero-order chi connectivity index (χ0) is 14.6. The second-order valence-corrected chi connectivity index (χ2v) is 5.03. The summed E-state index contributed by atoms with van der Waals surface area (Å²) in [5, 5.41) is 11.3. The molecule has 6 heteroatoms. The summed E-state index contributed by atoms with van der Waals surface area (Å²) in [4.78, 5) is 22.8. The van der Waals surface area contributed by atoms with Gasteiger partial charge >= 0.3 is 5.97 Å². The standard InChI is InChI=1S/C13H15ClFNO3/c1-13(2,8-5-3-4-6-9(8)14)12(19)16-10(7-15)11(17)18/h3-6,10H,7H2,1-2H3,(H,16,19)(H,17,18). The predicted molar refractivity (Wildman–Crippen MR) is 70.0 cm³/mol. The van der Waals surface area contributed by atoms with Crippen LogP contribution < -0.4 is 5.32 Å². The van der Waals surface area contributed by atoms with Gasteiger partial charge in [-0.2, -0.15) is 0 Å². The fraction of sp³-hybridized carbons (Fsp3) is 0.385. The van der Waals surface area contributed by atoms with Crippen LogP contribution in [0.25, 0.3) is 0 Å². The van der Waals surface area contributed by atoms with Crippen LogP contribution in [0.3, 0.4) is 0 Å². The minimum atomic E-state index is -1.55. The average Bonchev–Trinajstić information content (AvgIpc) is 2.35. The van der Waals surface area contributed by atoms with Crippen LogP contribution in [0.2, 0.25) is 5.02 Å². The van der Waals surface area contributed by atoms with Gasteiger partial charge in [0.15, 0.2) is 6.04 Å². The maximum absolute atomic E-state index is 12.5. The van der Waals surface area contributed by atoms with Gasteiger partial charge in [-0.05, 0) is 25.5 Å². The molecule has 0 spiro atoms. The first-order valence-corrected chi connectivity index (χ1v) is 6.03. The molecule has 104 valence electrons. The SMILES string of the molecule is CC(C)(C(=O)NC(CF)C(=O)O)c1ccccc1Cl. The van der Waals surface area contributed by atoms with Gasteiger partial charge in [-0.15, -0.1) is 0 Å². The molecular weight excluding hydrogens is 273 g/mol. The highest BCUT2D eigenvalue weighted by Gasteiger charge is 2.34. The molecule has 1 atom stereocenters. The van der Waals surface area contributed by atoms with E-state index in [2.05, 4.69) is 5.32 Å². The number of carboxylic acid groups (broad SMARTS) is 1. The summed E-state index contributed by atoms with van der Waals surface area (Å²) in [6, 6.07) is 5.21. The zero-order valence-electron chi connectivity index (χ0n) is 10.6. The Balaban J connectivity index is 2.97. The molecule has 1 unspecified atom stereocenters. The van der Waals surface area contributed by atoms with E-state index in [0.717, 1.165) is 0 Å². The minimum absolute atomic E-state index is 0.398. The molecule has 1 aromatic carbocycles. The molecule has 0 heterocycles. The number of aliphatic carboxylic acids is 1. The van der Waals surface area contributed by atoms with Crippen molar-refractivity contribution in [3.63, 3.8) is 0 Å². The summed E-state index contributed by atoms with van der Waals surface area (Å²) in [5.41, 5.74) is -0.501. The first-order chi connectivity index (χ1) is 8.80. The second kappa shape index (κ2) is 6.02. The van der Waals surface area contributed by atoms with Crippen molar-refractivity contribution in [3.8, 4) is 0 Å². The summed E-state index contributed by atoms with van der Waals surface area (Å²) in [7, 11) is 0. The molecule has 0 saturated heterocycles. The number of hydrogen-bond donors (Lipinski definition) is 2. The van der Waals surface area contributed by atoms with Gasteiger partial charge in [0.05, 0.1) is 5.41 Å². The van der Waals surface area contributed by atoms with Crippen LogP contribution in [0.1, 0.15) is 19.4 Å². The van der Waals surface area contributed by atoms with Crippen molar-refractivity contribution in [1.82, 2.24) is 5.32 Å². The summed E-state index contributed by atoms with van der Waals surface area (Å²) < 4.78 is 12.5. The second-order valence-electron chi connectivity index (χ2n) is 4.62. The lowest BCUT2D eigenvalue weighted by Gasteiger charge is -2.26. The number of hydrogen-bond acceptors (Lipinski definition) is 2. The Hall–Kier alpha value is -1.62. The fourth-order valence-corrected chi connectivity index (χ4v) is 1.97. The van der Waals surface area contributed by atoms with Crippen LogP contribution >= 0.6 is 11.6 Å². The van der Waals surface area contributed by atoms with Crippen molar-refractivity contribution in [2.45, 2.75) is 25.3 Å². The Bertz CT molecular complexity index is 491. The lowest BCUT2D eigenvalue weighted by atomic mass is 9.83. The van der Waals surface area contributed by atoms with Crippen molar-refractivity contribution in [2.24, 2.45) is 0 Å². The number of halogens is 2. The van der Waals surface area contributed by atoms with Crippen molar-refractivity contribution >= 4 is 23.5 Å². The summed E-state index contributed by atoms with van der Waals surface area (Å²) in [5.74, 6) is -2.00. The van der Waals surface area contributed by atoms with E-state index in [9.17, 15) is 14.0 Å². The maximum Gasteiger partial charge on any atom is 0.328 e. The number of carboxylic acids is 1. The largest absolute Gasteiger partial charge is 0.480 e. The molecule has 0 fully saturated rings. The molecule has 2 N–H and O–H groups in total. The number of carbonyl (C=O) groups is 2. The molecular formula is C13H15ClFNO3. The minimum Gasteiger partial charge on any atom is -0.480 e. The molecule has 0 saturated carbocycles.